The Morgan fingerprint density at radius 3 is 3.00 bits per heavy atom. The summed E-state index contributed by atoms with van der Waals surface area (Å²) in [5.74, 6) is 0.681. The number of allylic oxidation sites excluding steroid dienone is 1. The van der Waals surface area contributed by atoms with E-state index in [0.29, 0.717) is 6.42 Å². The van der Waals surface area contributed by atoms with Gasteiger partial charge in [-0.05, 0) is 12.5 Å². The van der Waals surface area contributed by atoms with Gasteiger partial charge in [-0.25, -0.2) is 0 Å². The van der Waals surface area contributed by atoms with Crippen molar-refractivity contribution in [2.24, 2.45) is 5.92 Å². The molecule has 0 fully saturated rings. The number of hydrogen-bond acceptors (Lipinski definition) is 2. The van der Waals surface area contributed by atoms with Crippen LogP contribution in [0.4, 0.5) is 0 Å². The summed E-state index contributed by atoms with van der Waals surface area (Å²) >= 11 is 0. The van der Waals surface area contributed by atoms with Crippen molar-refractivity contribution in [1.82, 2.24) is 0 Å². The zero-order valence-electron chi connectivity index (χ0n) is 8.79. The number of carbonyl (C=O) groups excluding carboxylic acids is 1. The molecule has 0 radical (unpaired) electrons. The number of hydrogen-bond donors (Lipinski definition) is 0. The van der Waals surface area contributed by atoms with E-state index in [2.05, 4.69) is 13.5 Å². The smallest absolute Gasteiger partial charge is 0.317 e. The van der Waals surface area contributed by atoms with Gasteiger partial charge in [-0.1, -0.05) is 32.3 Å². The van der Waals surface area contributed by atoms with E-state index < -0.39 is 0 Å². The van der Waals surface area contributed by atoms with Gasteiger partial charge in [-0.3, -0.25) is 4.79 Å². The molecule has 0 aromatic carbocycles. The average molecular weight is 194 g/mol. The molecule has 1 aliphatic heterocycles. The first-order valence-corrected chi connectivity index (χ1v) is 5.31. The molecule has 0 aliphatic carbocycles. The molecule has 78 valence electrons. The highest BCUT2D eigenvalue weighted by Crippen LogP contribution is 2.24. The molecule has 1 heterocycles. The minimum atomic E-state index is -0.0852. The van der Waals surface area contributed by atoms with E-state index in [1.807, 2.05) is 6.08 Å². The highest BCUT2D eigenvalue weighted by Gasteiger charge is 2.25. The molecule has 0 bridgehead atoms. The molecule has 0 saturated heterocycles. The van der Waals surface area contributed by atoms with Crippen LogP contribution in [0.5, 0.6) is 0 Å². The fourth-order valence-electron chi connectivity index (χ4n) is 1.60. The lowest BCUT2D eigenvalue weighted by Gasteiger charge is -2.02. The summed E-state index contributed by atoms with van der Waals surface area (Å²) in [6.07, 6.45) is 8.77. The number of esters is 1. The predicted molar refractivity (Wildman–Crippen MR) is 56.6 cm³/mol. The number of ether oxygens (including phenoxy) is 1. The number of unbranched alkanes of at least 4 members (excludes halogenated alkanes) is 2. The Bertz CT molecular complexity index is 241. The van der Waals surface area contributed by atoms with Gasteiger partial charge in [-0.2, -0.15) is 0 Å². The van der Waals surface area contributed by atoms with Crippen molar-refractivity contribution in [3.05, 3.63) is 24.5 Å². The van der Waals surface area contributed by atoms with Crippen LogP contribution in [0.1, 0.15) is 39.0 Å². The molecule has 1 atom stereocenters. The van der Waals surface area contributed by atoms with Gasteiger partial charge in [0.15, 0.2) is 0 Å². The summed E-state index contributed by atoms with van der Waals surface area (Å²) in [5.41, 5.74) is 0. The molecule has 0 spiro atoms. The van der Waals surface area contributed by atoms with Gasteiger partial charge in [0.1, 0.15) is 5.76 Å². The van der Waals surface area contributed by atoms with Crippen LogP contribution in [0.2, 0.25) is 0 Å². The molecule has 1 aliphatic rings. The van der Waals surface area contributed by atoms with Crippen molar-refractivity contribution in [2.75, 3.05) is 0 Å². The Kier molecular flexibility index (Phi) is 4.44. The number of carbonyl (C=O) groups is 1. The van der Waals surface area contributed by atoms with Crippen LogP contribution >= 0.6 is 0 Å². The van der Waals surface area contributed by atoms with Crippen molar-refractivity contribution in [3.63, 3.8) is 0 Å². The van der Waals surface area contributed by atoms with E-state index in [9.17, 15) is 4.79 Å². The second-order valence-corrected chi connectivity index (χ2v) is 3.65. The predicted octanol–water partition coefficient (Wildman–Crippen LogP) is 3.20. The molecule has 14 heavy (non-hydrogen) atoms. The number of cyclic esters (lactones) is 1. The molecular formula is C12H18O2. The topological polar surface area (TPSA) is 26.3 Å². The highest BCUT2D eigenvalue weighted by molar-refractivity contribution is 5.78. The molecule has 0 aromatic rings. The molecule has 0 saturated carbocycles. The minimum Gasteiger partial charge on any atom is -0.431 e. The molecule has 1 rings (SSSR count). The van der Waals surface area contributed by atoms with Gasteiger partial charge in [0, 0.05) is 6.42 Å². The van der Waals surface area contributed by atoms with Crippen LogP contribution in [-0.2, 0) is 9.53 Å². The second kappa shape index (κ2) is 5.63. The Morgan fingerprint density at radius 1 is 1.57 bits per heavy atom. The molecule has 0 amide bonds. The number of rotatable bonds is 6. The van der Waals surface area contributed by atoms with Crippen LogP contribution in [0.15, 0.2) is 24.5 Å². The summed E-state index contributed by atoms with van der Waals surface area (Å²) in [6, 6.07) is 0. The summed E-state index contributed by atoms with van der Waals surface area (Å²) < 4.78 is 5.10. The van der Waals surface area contributed by atoms with E-state index in [1.165, 1.54) is 12.8 Å². The summed E-state index contributed by atoms with van der Waals surface area (Å²) in [7, 11) is 0. The third-order valence-electron chi connectivity index (χ3n) is 2.39. The Labute approximate surface area is 85.6 Å². The van der Waals surface area contributed by atoms with Crippen LogP contribution in [0.3, 0.4) is 0 Å². The fraction of sp³-hybridized carbons (Fsp3) is 0.583. The van der Waals surface area contributed by atoms with Crippen LogP contribution in [0.25, 0.3) is 0 Å². The second-order valence-electron chi connectivity index (χ2n) is 3.65. The maximum absolute atomic E-state index is 11.3. The van der Waals surface area contributed by atoms with Gasteiger partial charge in [-0.15, -0.1) is 6.58 Å². The van der Waals surface area contributed by atoms with E-state index >= 15 is 0 Å². The first-order chi connectivity index (χ1) is 6.77. The van der Waals surface area contributed by atoms with Crippen molar-refractivity contribution < 1.29 is 9.53 Å². The maximum Gasteiger partial charge on any atom is 0.317 e. The average Bonchev–Trinajstić information content (AvgIpc) is 2.48. The van der Waals surface area contributed by atoms with Crippen molar-refractivity contribution in [2.45, 2.75) is 39.0 Å². The minimum absolute atomic E-state index is 0.00324. The quantitative estimate of drug-likeness (QED) is 0.369. The zero-order valence-corrected chi connectivity index (χ0v) is 8.79. The highest BCUT2D eigenvalue weighted by atomic mass is 16.5. The lowest BCUT2D eigenvalue weighted by atomic mass is 10.0. The Balaban J connectivity index is 2.37. The molecule has 2 heteroatoms. The van der Waals surface area contributed by atoms with Crippen LogP contribution in [-0.4, -0.2) is 5.97 Å². The summed E-state index contributed by atoms with van der Waals surface area (Å²) in [6.45, 7) is 5.78. The maximum atomic E-state index is 11.3. The molecule has 1 unspecified atom stereocenters. The van der Waals surface area contributed by atoms with Gasteiger partial charge in [0.25, 0.3) is 0 Å². The third-order valence-corrected chi connectivity index (χ3v) is 2.39. The van der Waals surface area contributed by atoms with Crippen molar-refractivity contribution in [3.8, 4) is 0 Å². The van der Waals surface area contributed by atoms with Crippen LogP contribution < -0.4 is 0 Å². The van der Waals surface area contributed by atoms with E-state index in [4.69, 9.17) is 4.74 Å². The standard InChI is InChI=1S/C12H18O2/c1-3-5-6-8-10-9-11(7-4-2)14-12(10)13/h4,9-10H,2-3,5-8H2,1H3. The first-order valence-electron chi connectivity index (χ1n) is 5.31. The van der Waals surface area contributed by atoms with E-state index in [-0.39, 0.29) is 11.9 Å². The van der Waals surface area contributed by atoms with Gasteiger partial charge < -0.3 is 4.74 Å². The summed E-state index contributed by atoms with van der Waals surface area (Å²) in [4.78, 5) is 11.3. The Morgan fingerprint density at radius 2 is 2.36 bits per heavy atom. The molecular weight excluding hydrogens is 176 g/mol. The van der Waals surface area contributed by atoms with Crippen molar-refractivity contribution in [1.29, 1.82) is 0 Å². The molecule has 0 N–H and O–H groups in total. The summed E-state index contributed by atoms with van der Waals surface area (Å²) in [5, 5.41) is 0. The Hall–Kier alpha value is -1.05. The van der Waals surface area contributed by atoms with E-state index in [1.54, 1.807) is 6.08 Å². The fourth-order valence-corrected chi connectivity index (χ4v) is 1.60. The lowest BCUT2D eigenvalue weighted by molar-refractivity contribution is -0.140. The van der Waals surface area contributed by atoms with Crippen molar-refractivity contribution >= 4 is 5.97 Å². The van der Waals surface area contributed by atoms with Gasteiger partial charge >= 0.3 is 5.97 Å². The SMILES string of the molecule is C=CCC1=CC(CCCCC)C(=O)O1. The van der Waals surface area contributed by atoms with Crippen LogP contribution in [0, 0.1) is 5.92 Å². The molecule has 0 aromatic heterocycles. The molecule has 2 nitrogen and oxygen atoms in total. The largest absolute Gasteiger partial charge is 0.431 e. The zero-order chi connectivity index (χ0) is 10.4. The monoisotopic (exact) mass is 194 g/mol. The van der Waals surface area contributed by atoms with Gasteiger partial charge in [0.05, 0.1) is 5.92 Å². The third kappa shape index (κ3) is 3.02. The lowest BCUT2D eigenvalue weighted by Crippen LogP contribution is -2.07. The van der Waals surface area contributed by atoms with E-state index in [0.717, 1.165) is 18.6 Å². The normalized spacial score (nSPS) is 20.5. The van der Waals surface area contributed by atoms with Gasteiger partial charge in [0.2, 0.25) is 0 Å². The first kappa shape index (κ1) is 11.0.